The summed E-state index contributed by atoms with van der Waals surface area (Å²) in [5.74, 6) is 0. The minimum absolute atomic E-state index is 0.316. The van der Waals surface area contributed by atoms with Gasteiger partial charge >= 0.3 is 14.9 Å². The number of hydrogen-bond acceptors (Lipinski definition) is 6. The molecule has 0 aromatic heterocycles. The van der Waals surface area contributed by atoms with Crippen molar-refractivity contribution in [2.24, 2.45) is 0 Å². The Hall–Kier alpha value is -0.673. The predicted octanol–water partition coefficient (Wildman–Crippen LogP) is 2.70. The van der Waals surface area contributed by atoms with Gasteiger partial charge < -0.3 is 28.4 Å². The van der Waals surface area contributed by atoms with Gasteiger partial charge in [0.25, 0.3) is 0 Å². The molecular weight excluding hydrogens is 330 g/mol. The van der Waals surface area contributed by atoms with Gasteiger partial charge in [0.05, 0.1) is 6.10 Å². The number of nitrogens with one attached hydrogen (secondary N) is 1. The minimum Gasteiger partial charge on any atom is -0.446 e. The van der Waals surface area contributed by atoms with Gasteiger partial charge in [0, 0.05) is 38.8 Å². The SMILES string of the molecule is CCO[Si](CCCNC(=O)OC(C)CC(O)CC)(OCC)OCC. The molecule has 0 aromatic carbocycles. The van der Waals surface area contributed by atoms with Crippen LogP contribution in [0.15, 0.2) is 0 Å². The first-order chi connectivity index (χ1) is 11.4. The van der Waals surface area contributed by atoms with Crippen molar-refractivity contribution in [2.75, 3.05) is 26.4 Å². The molecule has 144 valence electrons. The average molecular weight is 366 g/mol. The summed E-state index contributed by atoms with van der Waals surface area (Å²) in [6, 6.07) is 0.646. The molecule has 0 heterocycles. The lowest BCUT2D eigenvalue weighted by molar-refractivity contribution is 0.0603. The summed E-state index contributed by atoms with van der Waals surface area (Å²) in [6.45, 7) is 11.5. The Morgan fingerprint density at radius 3 is 2.08 bits per heavy atom. The van der Waals surface area contributed by atoms with E-state index in [1.807, 2.05) is 27.7 Å². The molecule has 0 fully saturated rings. The van der Waals surface area contributed by atoms with E-state index in [-0.39, 0.29) is 6.10 Å². The smallest absolute Gasteiger partial charge is 0.446 e. The zero-order valence-corrected chi connectivity index (χ0v) is 16.8. The van der Waals surface area contributed by atoms with Crippen molar-refractivity contribution in [1.29, 1.82) is 0 Å². The zero-order valence-electron chi connectivity index (χ0n) is 15.8. The van der Waals surface area contributed by atoms with Gasteiger partial charge in [-0.05, 0) is 40.5 Å². The molecule has 7 nitrogen and oxygen atoms in total. The summed E-state index contributed by atoms with van der Waals surface area (Å²) in [6.07, 6.45) is 0.551. The van der Waals surface area contributed by atoms with Crippen LogP contribution in [0.25, 0.3) is 0 Å². The summed E-state index contributed by atoms with van der Waals surface area (Å²) < 4.78 is 22.5. The molecule has 0 radical (unpaired) electrons. The van der Waals surface area contributed by atoms with Gasteiger partial charge in [0.15, 0.2) is 0 Å². The fourth-order valence-electron chi connectivity index (χ4n) is 2.32. The summed E-state index contributed by atoms with van der Waals surface area (Å²) in [7, 11) is -2.65. The summed E-state index contributed by atoms with van der Waals surface area (Å²) >= 11 is 0. The van der Waals surface area contributed by atoms with Crippen molar-refractivity contribution in [3.05, 3.63) is 0 Å². The van der Waals surface area contributed by atoms with E-state index in [0.29, 0.717) is 51.7 Å². The van der Waals surface area contributed by atoms with E-state index in [2.05, 4.69) is 5.32 Å². The van der Waals surface area contributed by atoms with Gasteiger partial charge in [-0.3, -0.25) is 0 Å². The minimum atomic E-state index is -2.65. The third-order valence-electron chi connectivity index (χ3n) is 3.41. The molecular formula is C16H35NO6Si. The van der Waals surface area contributed by atoms with Crippen LogP contribution in [0.1, 0.15) is 53.9 Å². The van der Waals surface area contributed by atoms with Crippen molar-refractivity contribution < 1.29 is 27.9 Å². The molecule has 0 aliphatic rings. The standard InChI is InChI=1S/C16H35NO6Si/c1-6-15(18)13-14(5)23-16(19)17-11-10-12-24(20-7-2,21-8-3)22-9-4/h14-15,18H,6-13H2,1-5H3,(H,17,19). The van der Waals surface area contributed by atoms with Gasteiger partial charge in [-0.25, -0.2) is 4.79 Å². The maximum absolute atomic E-state index is 11.7. The third kappa shape index (κ3) is 10.2. The van der Waals surface area contributed by atoms with E-state index in [4.69, 9.17) is 18.0 Å². The molecule has 0 spiro atoms. The maximum atomic E-state index is 11.7. The fourth-order valence-corrected chi connectivity index (χ4v) is 4.93. The maximum Gasteiger partial charge on any atom is 0.500 e. The Morgan fingerprint density at radius 2 is 1.62 bits per heavy atom. The molecule has 0 saturated carbocycles. The van der Waals surface area contributed by atoms with Crippen LogP contribution in [0.4, 0.5) is 4.79 Å². The molecule has 2 unspecified atom stereocenters. The molecule has 0 aliphatic heterocycles. The Labute approximate surface area is 147 Å². The van der Waals surface area contributed by atoms with Gasteiger partial charge in [-0.1, -0.05) is 6.92 Å². The molecule has 24 heavy (non-hydrogen) atoms. The highest BCUT2D eigenvalue weighted by molar-refractivity contribution is 6.60. The molecule has 0 aromatic rings. The zero-order chi connectivity index (χ0) is 18.4. The first-order valence-corrected chi connectivity index (χ1v) is 10.9. The normalized spacial score (nSPS) is 14.2. The summed E-state index contributed by atoms with van der Waals surface area (Å²) in [5.41, 5.74) is 0. The number of rotatable bonds is 14. The highest BCUT2D eigenvalue weighted by Crippen LogP contribution is 2.17. The Balaban J connectivity index is 4.16. The summed E-state index contributed by atoms with van der Waals surface area (Å²) in [4.78, 5) is 11.7. The monoisotopic (exact) mass is 365 g/mol. The highest BCUT2D eigenvalue weighted by Gasteiger charge is 2.39. The average Bonchev–Trinajstić information content (AvgIpc) is 2.52. The van der Waals surface area contributed by atoms with Gasteiger partial charge in [0.1, 0.15) is 6.10 Å². The van der Waals surface area contributed by atoms with E-state index >= 15 is 0 Å². The van der Waals surface area contributed by atoms with E-state index in [0.717, 1.165) is 0 Å². The van der Waals surface area contributed by atoms with Crippen LogP contribution in [-0.4, -0.2) is 58.6 Å². The van der Waals surface area contributed by atoms with Crippen molar-refractivity contribution in [3.8, 4) is 0 Å². The van der Waals surface area contributed by atoms with Crippen molar-refractivity contribution in [1.82, 2.24) is 5.32 Å². The van der Waals surface area contributed by atoms with Crippen LogP contribution in [0, 0.1) is 0 Å². The quantitative estimate of drug-likeness (QED) is 0.364. The van der Waals surface area contributed by atoms with Crippen LogP contribution in [0.3, 0.4) is 0 Å². The number of carbonyl (C=O) groups is 1. The van der Waals surface area contributed by atoms with Crippen molar-refractivity contribution in [3.63, 3.8) is 0 Å². The lowest BCUT2D eigenvalue weighted by Crippen LogP contribution is -2.46. The Bertz CT molecular complexity index is 315. The highest BCUT2D eigenvalue weighted by atomic mass is 28.4. The van der Waals surface area contributed by atoms with Crippen LogP contribution >= 0.6 is 0 Å². The van der Waals surface area contributed by atoms with E-state index in [1.165, 1.54) is 0 Å². The number of hydrogen-bond donors (Lipinski definition) is 2. The second kappa shape index (κ2) is 13.6. The van der Waals surface area contributed by atoms with E-state index in [9.17, 15) is 9.90 Å². The molecule has 2 N–H and O–H groups in total. The number of amides is 1. The molecule has 0 bridgehead atoms. The second-order valence-electron chi connectivity index (χ2n) is 5.53. The molecule has 0 saturated heterocycles. The number of aliphatic hydroxyl groups excluding tert-OH is 1. The molecule has 1 amide bonds. The largest absolute Gasteiger partial charge is 0.500 e. The first kappa shape index (κ1) is 23.3. The van der Waals surface area contributed by atoms with E-state index in [1.54, 1.807) is 6.92 Å². The topological polar surface area (TPSA) is 86.3 Å². The van der Waals surface area contributed by atoms with Crippen LogP contribution in [-0.2, 0) is 18.0 Å². The summed E-state index contributed by atoms with van der Waals surface area (Å²) in [5, 5.41) is 12.3. The van der Waals surface area contributed by atoms with Gasteiger partial charge in [-0.15, -0.1) is 0 Å². The lowest BCUT2D eigenvalue weighted by atomic mass is 10.1. The number of alkyl carbamates (subject to hydrolysis) is 1. The molecule has 0 rings (SSSR count). The van der Waals surface area contributed by atoms with Crippen LogP contribution < -0.4 is 5.32 Å². The molecule has 8 heteroatoms. The molecule has 2 atom stereocenters. The van der Waals surface area contributed by atoms with Crippen LogP contribution in [0.5, 0.6) is 0 Å². The van der Waals surface area contributed by atoms with Gasteiger partial charge in [-0.2, -0.15) is 0 Å². The second-order valence-corrected chi connectivity index (χ2v) is 8.26. The van der Waals surface area contributed by atoms with Crippen molar-refractivity contribution >= 4 is 14.9 Å². The number of aliphatic hydroxyl groups is 1. The van der Waals surface area contributed by atoms with Crippen LogP contribution in [0.2, 0.25) is 6.04 Å². The van der Waals surface area contributed by atoms with Gasteiger partial charge in [0.2, 0.25) is 0 Å². The number of carbonyl (C=O) groups excluding carboxylic acids is 1. The predicted molar refractivity (Wildman–Crippen MR) is 94.9 cm³/mol. The van der Waals surface area contributed by atoms with Crippen molar-refractivity contribution in [2.45, 2.75) is 72.1 Å². The lowest BCUT2D eigenvalue weighted by Gasteiger charge is -2.28. The third-order valence-corrected chi connectivity index (χ3v) is 6.56. The Morgan fingerprint density at radius 1 is 1.08 bits per heavy atom. The molecule has 0 aliphatic carbocycles. The van der Waals surface area contributed by atoms with E-state index < -0.39 is 21.0 Å². The number of ether oxygens (including phenoxy) is 1. The first-order valence-electron chi connectivity index (χ1n) is 8.97. The fraction of sp³-hybridized carbons (Fsp3) is 0.938. The Kier molecular flexibility index (Phi) is 13.2.